The van der Waals surface area contributed by atoms with Crippen LogP contribution >= 0.6 is 34.8 Å². The molecule has 0 heterocycles. The van der Waals surface area contributed by atoms with E-state index in [1.165, 1.54) is 23.1 Å². The minimum Gasteiger partial charge on any atom is -0.350 e. The van der Waals surface area contributed by atoms with E-state index in [9.17, 15) is 18.0 Å². The zero-order valence-corrected chi connectivity index (χ0v) is 25.8. The molecule has 11 heteroatoms. The normalized spacial score (nSPS) is 12.5. The number of nitrogens with zero attached hydrogens (tertiary/aromatic N) is 2. The average Bonchev–Trinajstić information content (AvgIpc) is 2.82. The predicted octanol–water partition coefficient (Wildman–Crippen LogP) is 5.97. The van der Waals surface area contributed by atoms with Crippen LogP contribution in [0.25, 0.3) is 0 Å². The first-order valence-corrected chi connectivity index (χ1v) is 15.4. The third-order valence-corrected chi connectivity index (χ3v) is 7.64. The van der Waals surface area contributed by atoms with E-state index >= 15 is 0 Å². The zero-order chi connectivity index (χ0) is 29.7. The van der Waals surface area contributed by atoms with Gasteiger partial charge in [-0.15, -0.1) is 0 Å². The van der Waals surface area contributed by atoms with Crippen molar-refractivity contribution < 1.29 is 18.0 Å². The molecular weight excluding hydrogens is 593 g/mol. The number of anilines is 1. The van der Waals surface area contributed by atoms with E-state index in [2.05, 4.69) is 5.32 Å². The second-order valence-corrected chi connectivity index (χ2v) is 13.7. The van der Waals surface area contributed by atoms with Crippen LogP contribution < -0.4 is 9.62 Å². The summed E-state index contributed by atoms with van der Waals surface area (Å²) in [5.74, 6) is -0.963. The van der Waals surface area contributed by atoms with Gasteiger partial charge < -0.3 is 10.2 Å². The molecule has 3 rings (SSSR count). The molecule has 40 heavy (non-hydrogen) atoms. The van der Waals surface area contributed by atoms with Crippen molar-refractivity contribution >= 4 is 62.3 Å². The second kappa shape index (κ2) is 13.3. The van der Waals surface area contributed by atoms with Gasteiger partial charge in [-0.05, 0) is 62.2 Å². The maximum atomic E-state index is 14.1. The molecule has 214 valence electrons. The standard InChI is InChI=1S/C29H32Cl3N3O4S/c1-29(2,3)33-28(37)26(14-20-9-6-5-7-10-20)34(18-21-11-8-12-22(30)13-21)27(36)19-35(40(4,38)39)25-16-23(31)15-24(32)17-25/h5-13,15-17,26H,14,18-19H2,1-4H3,(H,33,37)/t26-/m0/s1. The lowest BCUT2D eigenvalue weighted by atomic mass is 10.0. The highest BCUT2D eigenvalue weighted by Crippen LogP contribution is 2.28. The van der Waals surface area contributed by atoms with E-state index < -0.39 is 34.1 Å². The summed E-state index contributed by atoms with van der Waals surface area (Å²) in [6.07, 6.45) is 1.20. The Morgan fingerprint density at radius 1 is 0.850 bits per heavy atom. The second-order valence-electron chi connectivity index (χ2n) is 10.5. The fourth-order valence-corrected chi connectivity index (χ4v) is 5.70. The first kappa shape index (κ1) is 31.7. The molecule has 0 aliphatic carbocycles. The van der Waals surface area contributed by atoms with Crippen molar-refractivity contribution in [2.24, 2.45) is 0 Å². The average molecular weight is 625 g/mol. The number of hydrogen-bond donors (Lipinski definition) is 1. The summed E-state index contributed by atoms with van der Waals surface area (Å²) < 4.78 is 26.7. The molecule has 1 atom stereocenters. The van der Waals surface area contributed by atoms with Crippen molar-refractivity contribution in [3.8, 4) is 0 Å². The molecule has 2 amide bonds. The molecule has 0 radical (unpaired) electrons. The van der Waals surface area contributed by atoms with Crippen LogP contribution in [-0.2, 0) is 32.6 Å². The van der Waals surface area contributed by atoms with Gasteiger partial charge in [-0.25, -0.2) is 8.42 Å². The van der Waals surface area contributed by atoms with Gasteiger partial charge in [0, 0.05) is 33.6 Å². The number of nitrogens with one attached hydrogen (secondary N) is 1. The zero-order valence-electron chi connectivity index (χ0n) is 22.7. The first-order valence-electron chi connectivity index (χ1n) is 12.5. The molecule has 1 N–H and O–H groups in total. The molecular formula is C29H32Cl3N3O4S. The van der Waals surface area contributed by atoms with Crippen LogP contribution in [0, 0.1) is 0 Å². The number of hydrogen-bond acceptors (Lipinski definition) is 4. The number of sulfonamides is 1. The number of benzene rings is 3. The van der Waals surface area contributed by atoms with E-state index in [4.69, 9.17) is 34.8 Å². The Kier molecular flexibility index (Phi) is 10.5. The van der Waals surface area contributed by atoms with Crippen LogP contribution in [0.3, 0.4) is 0 Å². The molecule has 7 nitrogen and oxygen atoms in total. The summed E-state index contributed by atoms with van der Waals surface area (Å²) in [5, 5.41) is 3.87. The quantitative estimate of drug-likeness (QED) is 0.301. The van der Waals surface area contributed by atoms with Gasteiger partial charge in [-0.3, -0.25) is 13.9 Å². The largest absolute Gasteiger partial charge is 0.350 e. The summed E-state index contributed by atoms with van der Waals surface area (Å²) in [5.41, 5.74) is 1.07. The number of carbonyl (C=O) groups is 2. The maximum Gasteiger partial charge on any atom is 0.244 e. The molecule has 0 bridgehead atoms. The number of amides is 2. The van der Waals surface area contributed by atoms with Gasteiger partial charge in [0.25, 0.3) is 0 Å². The van der Waals surface area contributed by atoms with Crippen molar-refractivity contribution in [1.29, 1.82) is 0 Å². The molecule has 0 aliphatic heterocycles. The van der Waals surface area contributed by atoms with Crippen LogP contribution in [-0.4, -0.2) is 49.5 Å². The Hall–Kier alpha value is -2.78. The minimum atomic E-state index is -3.95. The van der Waals surface area contributed by atoms with Crippen LogP contribution in [0.4, 0.5) is 5.69 Å². The fraction of sp³-hybridized carbons (Fsp3) is 0.310. The van der Waals surface area contributed by atoms with E-state index in [1.54, 1.807) is 24.3 Å². The summed E-state index contributed by atoms with van der Waals surface area (Å²) in [7, 11) is -3.95. The topological polar surface area (TPSA) is 86.8 Å². The van der Waals surface area contributed by atoms with Gasteiger partial charge in [0.1, 0.15) is 12.6 Å². The summed E-state index contributed by atoms with van der Waals surface area (Å²) in [4.78, 5) is 29.2. The van der Waals surface area contributed by atoms with Gasteiger partial charge >= 0.3 is 0 Å². The van der Waals surface area contributed by atoms with E-state index in [1.807, 2.05) is 51.1 Å². The number of carbonyl (C=O) groups excluding carboxylic acids is 2. The lowest BCUT2D eigenvalue weighted by Crippen LogP contribution is -2.56. The van der Waals surface area contributed by atoms with Gasteiger partial charge in [-0.2, -0.15) is 0 Å². The highest BCUT2D eigenvalue weighted by atomic mass is 35.5. The molecule has 0 fully saturated rings. The molecule has 0 saturated heterocycles. The number of rotatable bonds is 10. The SMILES string of the molecule is CC(C)(C)NC(=O)[C@H](Cc1ccccc1)N(Cc1cccc(Cl)c1)C(=O)CN(c1cc(Cl)cc(Cl)c1)S(C)(=O)=O. The van der Waals surface area contributed by atoms with E-state index in [0.29, 0.717) is 10.6 Å². The molecule has 3 aromatic carbocycles. The Bertz CT molecular complexity index is 1440. The van der Waals surface area contributed by atoms with Crippen molar-refractivity contribution in [3.63, 3.8) is 0 Å². The van der Waals surface area contributed by atoms with Gasteiger partial charge in [0.2, 0.25) is 21.8 Å². The van der Waals surface area contributed by atoms with E-state index in [0.717, 1.165) is 16.1 Å². The van der Waals surface area contributed by atoms with Crippen molar-refractivity contribution in [2.45, 2.75) is 45.3 Å². The summed E-state index contributed by atoms with van der Waals surface area (Å²) >= 11 is 18.5. The third-order valence-electron chi connectivity index (χ3n) is 5.83. The van der Waals surface area contributed by atoms with Crippen LogP contribution in [0.5, 0.6) is 0 Å². The first-order chi connectivity index (χ1) is 18.6. The maximum absolute atomic E-state index is 14.1. The molecule has 0 unspecified atom stereocenters. The third kappa shape index (κ3) is 9.41. The molecule has 0 aliphatic rings. The van der Waals surface area contributed by atoms with Crippen molar-refractivity contribution in [1.82, 2.24) is 10.2 Å². The van der Waals surface area contributed by atoms with Gasteiger partial charge in [0.15, 0.2) is 0 Å². The highest BCUT2D eigenvalue weighted by Gasteiger charge is 2.34. The molecule has 3 aromatic rings. The van der Waals surface area contributed by atoms with Crippen LogP contribution in [0.1, 0.15) is 31.9 Å². The van der Waals surface area contributed by atoms with Crippen LogP contribution in [0.2, 0.25) is 15.1 Å². The predicted molar refractivity (Wildman–Crippen MR) is 162 cm³/mol. The minimum absolute atomic E-state index is 0.0162. The van der Waals surface area contributed by atoms with Gasteiger partial charge in [-0.1, -0.05) is 77.3 Å². The Morgan fingerprint density at radius 3 is 2.00 bits per heavy atom. The van der Waals surface area contributed by atoms with E-state index in [-0.39, 0.29) is 34.6 Å². The molecule has 0 aromatic heterocycles. The highest BCUT2D eigenvalue weighted by molar-refractivity contribution is 7.92. The fourth-order valence-electron chi connectivity index (χ4n) is 4.14. The van der Waals surface area contributed by atoms with Crippen molar-refractivity contribution in [3.05, 3.63) is 99.0 Å². The Morgan fingerprint density at radius 2 is 1.45 bits per heavy atom. The summed E-state index contributed by atoms with van der Waals surface area (Å²) in [6, 6.07) is 19.6. The lowest BCUT2D eigenvalue weighted by Gasteiger charge is -2.35. The number of halogens is 3. The van der Waals surface area contributed by atoms with Crippen LogP contribution in [0.15, 0.2) is 72.8 Å². The summed E-state index contributed by atoms with van der Waals surface area (Å²) in [6.45, 7) is 4.98. The van der Waals surface area contributed by atoms with Gasteiger partial charge in [0.05, 0.1) is 11.9 Å². The Labute approximate surface area is 251 Å². The molecule has 0 spiro atoms. The molecule has 0 saturated carbocycles. The monoisotopic (exact) mass is 623 g/mol. The Balaban J connectivity index is 2.09. The smallest absolute Gasteiger partial charge is 0.244 e. The lowest BCUT2D eigenvalue weighted by molar-refractivity contribution is -0.140. The van der Waals surface area contributed by atoms with Crippen molar-refractivity contribution in [2.75, 3.05) is 17.1 Å².